The number of hydrogen-bond acceptors (Lipinski definition) is 3. The number of nitrogens with zero attached hydrogens (tertiary/aromatic N) is 2. The SMILES string of the molecule is CCC(N)Cc1cnc(N(C)C2CCC(C)CC2)c(C)c1. The molecule has 1 unspecified atom stereocenters. The molecular formula is C18H31N3. The molecule has 0 amide bonds. The van der Waals surface area contributed by atoms with Gasteiger partial charge in [0.15, 0.2) is 0 Å². The van der Waals surface area contributed by atoms with Crippen molar-refractivity contribution < 1.29 is 0 Å². The molecule has 118 valence electrons. The van der Waals surface area contributed by atoms with Gasteiger partial charge in [-0.3, -0.25) is 0 Å². The van der Waals surface area contributed by atoms with E-state index in [1.54, 1.807) is 0 Å². The van der Waals surface area contributed by atoms with Crippen LogP contribution in [0.2, 0.25) is 0 Å². The number of aromatic nitrogens is 1. The van der Waals surface area contributed by atoms with E-state index < -0.39 is 0 Å². The van der Waals surface area contributed by atoms with Crippen molar-refractivity contribution in [3.8, 4) is 0 Å². The van der Waals surface area contributed by atoms with Crippen molar-refractivity contribution in [1.29, 1.82) is 0 Å². The summed E-state index contributed by atoms with van der Waals surface area (Å²) in [6, 6.07) is 3.16. The molecule has 1 heterocycles. The van der Waals surface area contributed by atoms with Gasteiger partial charge in [0.1, 0.15) is 5.82 Å². The molecule has 0 radical (unpaired) electrons. The Balaban J connectivity index is 2.06. The lowest BCUT2D eigenvalue weighted by Gasteiger charge is -2.35. The predicted octanol–water partition coefficient (Wildman–Crippen LogP) is 3.68. The van der Waals surface area contributed by atoms with Crippen LogP contribution >= 0.6 is 0 Å². The average Bonchev–Trinajstić information content (AvgIpc) is 2.47. The third-order valence-corrected chi connectivity index (χ3v) is 5.00. The van der Waals surface area contributed by atoms with E-state index in [9.17, 15) is 0 Å². The Labute approximate surface area is 129 Å². The molecule has 2 N–H and O–H groups in total. The lowest BCUT2D eigenvalue weighted by atomic mass is 9.86. The highest BCUT2D eigenvalue weighted by atomic mass is 15.2. The molecule has 3 heteroatoms. The monoisotopic (exact) mass is 289 g/mol. The van der Waals surface area contributed by atoms with Crippen LogP contribution in [0, 0.1) is 12.8 Å². The van der Waals surface area contributed by atoms with Crippen LogP contribution in [0.3, 0.4) is 0 Å². The second-order valence-corrected chi connectivity index (χ2v) is 6.88. The summed E-state index contributed by atoms with van der Waals surface area (Å²) < 4.78 is 0. The molecule has 3 nitrogen and oxygen atoms in total. The zero-order chi connectivity index (χ0) is 15.4. The summed E-state index contributed by atoms with van der Waals surface area (Å²) >= 11 is 0. The van der Waals surface area contributed by atoms with Crippen molar-refractivity contribution in [3.63, 3.8) is 0 Å². The zero-order valence-electron chi connectivity index (χ0n) is 14.1. The van der Waals surface area contributed by atoms with E-state index in [2.05, 4.69) is 38.8 Å². The predicted molar refractivity (Wildman–Crippen MR) is 90.8 cm³/mol. The molecule has 1 saturated carbocycles. The second kappa shape index (κ2) is 7.26. The Morgan fingerprint density at radius 3 is 2.57 bits per heavy atom. The minimum atomic E-state index is 0.245. The van der Waals surface area contributed by atoms with Gasteiger partial charge in [0, 0.05) is 25.3 Å². The summed E-state index contributed by atoms with van der Waals surface area (Å²) in [6.07, 6.45) is 9.23. The lowest BCUT2D eigenvalue weighted by molar-refractivity contribution is 0.340. The highest BCUT2D eigenvalue weighted by molar-refractivity contribution is 5.47. The van der Waals surface area contributed by atoms with Gasteiger partial charge >= 0.3 is 0 Å². The largest absolute Gasteiger partial charge is 0.356 e. The summed E-state index contributed by atoms with van der Waals surface area (Å²) in [5, 5.41) is 0. The van der Waals surface area contributed by atoms with E-state index in [-0.39, 0.29) is 6.04 Å². The number of pyridine rings is 1. The van der Waals surface area contributed by atoms with E-state index >= 15 is 0 Å². The Hall–Kier alpha value is -1.09. The maximum absolute atomic E-state index is 6.04. The van der Waals surface area contributed by atoms with Gasteiger partial charge in [0.05, 0.1) is 0 Å². The first-order valence-electron chi connectivity index (χ1n) is 8.45. The third-order valence-electron chi connectivity index (χ3n) is 5.00. The summed E-state index contributed by atoms with van der Waals surface area (Å²) in [5.74, 6) is 2.03. The van der Waals surface area contributed by atoms with Crippen molar-refractivity contribution in [1.82, 2.24) is 4.98 Å². The van der Waals surface area contributed by atoms with Gasteiger partial charge in [-0.1, -0.05) is 19.9 Å². The van der Waals surface area contributed by atoms with Crippen molar-refractivity contribution in [2.45, 2.75) is 71.4 Å². The average molecular weight is 289 g/mol. The van der Waals surface area contributed by atoms with E-state index in [0.717, 1.165) is 24.6 Å². The van der Waals surface area contributed by atoms with Crippen LogP contribution in [0.1, 0.15) is 57.1 Å². The number of anilines is 1. The summed E-state index contributed by atoms with van der Waals surface area (Å²) in [6.45, 7) is 6.67. The fourth-order valence-corrected chi connectivity index (χ4v) is 3.36. The molecule has 0 spiro atoms. The molecule has 0 aliphatic heterocycles. The van der Waals surface area contributed by atoms with Gasteiger partial charge in [-0.2, -0.15) is 0 Å². The molecular weight excluding hydrogens is 258 g/mol. The van der Waals surface area contributed by atoms with Gasteiger partial charge in [0.25, 0.3) is 0 Å². The fraction of sp³-hybridized carbons (Fsp3) is 0.722. The van der Waals surface area contributed by atoms with Crippen LogP contribution in [-0.2, 0) is 6.42 Å². The summed E-state index contributed by atoms with van der Waals surface area (Å²) in [4.78, 5) is 7.12. The molecule has 1 aromatic heterocycles. The van der Waals surface area contributed by atoms with Gasteiger partial charge in [0.2, 0.25) is 0 Å². The molecule has 1 aromatic rings. The molecule has 0 saturated heterocycles. The standard InChI is InChI=1S/C18H31N3/c1-5-16(19)11-15-10-14(3)18(20-12-15)21(4)17-8-6-13(2)7-9-17/h10,12-13,16-17H,5-9,11,19H2,1-4H3. The zero-order valence-corrected chi connectivity index (χ0v) is 14.1. The second-order valence-electron chi connectivity index (χ2n) is 6.88. The lowest BCUT2D eigenvalue weighted by Crippen LogP contribution is -2.35. The Bertz CT molecular complexity index is 450. The van der Waals surface area contributed by atoms with Crippen LogP contribution in [0.4, 0.5) is 5.82 Å². The Morgan fingerprint density at radius 2 is 2.00 bits per heavy atom. The number of hydrogen-bond donors (Lipinski definition) is 1. The van der Waals surface area contributed by atoms with Crippen molar-refractivity contribution in [2.75, 3.05) is 11.9 Å². The normalized spacial score (nSPS) is 23.9. The van der Waals surface area contributed by atoms with Gasteiger partial charge < -0.3 is 10.6 Å². The molecule has 2 rings (SSSR count). The van der Waals surface area contributed by atoms with Crippen molar-refractivity contribution in [2.24, 2.45) is 11.7 Å². The van der Waals surface area contributed by atoms with Gasteiger partial charge in [-0.25, -0.2) is 4.98 Å². The number of nitrogens with two attached hydrogens (primary N) is 1. The topological polar surface area (TPSA) is 42.1 Å². The van der Waals surface area contributed by atoms with E-state index in [1.807, 2.05) is 6.20 Å². The molecule has 1 atom stereocenters. The minimum Gasteiger partial charge on any atom is -0.356 e. The third kappa shape index (κ3) is 4.19. The first-order valence-corrected chi connectivity index (χ1v) is 8.45. The minimum absolute atomic E-state index is 0.245. The molecule has 1 fully saturated rings. The molecule has 0 bridgehead atoms. The summed E-state index contributed by atoms with van der Waals surface area (Å²) in [7, 11) is 2.20. The highest BCUT2D eigenvalue weighted by Crippen LogP contribution is 2.30. The van der Waals surface area contributed by atoms with E-state index in [4.69, 9.17) is 10.7 Å². The Kier molecular flexibility index (Phi) is 5.63. The number of rotatable bonds is 5. The highest BCUT2D eigenvalue weighted by Gasteiger charge is 2.23. The molecule has 1 aliphatic carbocycles. The smallest absolute Gasteiger partial charge is 0.131 e. The van der Waals surface area contributed by atoms with Crippen LogP contribution in [0.15, 0.2) is 12.3 Å². The van der Waals surface area contributed by atoms with Crippen LogP contribution in [0.5, 0.6) is 0 Å². The first kappa shape index (κ1) is 16.3. The fourth-order valence-electron chi connectivity index (χ4n) is 3.36. The van der Waals surface area contributed by atoms with E-state index in [0.29, 0.717) is 6.04 Å². The van der Waals surface area contributed by atoms with Crippen molar-refractivity contribution in [3.05, 3.63) is 23.4 Å². The van der Waals surface area contributed by atoms with Gasteiger partial charge in [-0.15, -0.1) is 0 Å². The summed E-state index contributed by atoms with van der Waals surface area (Å²) in [5.41, 5.74) is 8.58. The maximum atomic E-state index is 6.04. The quantitative estimate of drug-likeness (QED) is 0.899. The van der Waals surface area contributed by atoms with Gasteiger partial charge in [-0.05, 0) is 62.5 Å². The van der Waals surface area contributed by atoms with E-state index in [1.165, 1.54) is 36.8 Å². The maximum Gasteiger partial charge on any atom is 0.131 e. The number of aryl methyl sites for hydroxylation is 1. The molecule has 1 aliphatic rings. The Morgan fingerprint density at radius 1 is 1.33 bits per heavy atom. The van der Waals surface area contributed by atoms with Crippen LogP contribution < -0.4 is 10.6 Å². The van der Waals surface area contributed by atoms with Crippen LogP contribution in [-0.4, -0.2) is 24.1 Å². The van der Waals surface area contributed by atoms with Crippen molar-refractivity contribution >= 4 is 5.82 Å². The first-order chi connectivity index (χ1) is 10.0. The van der Waals surface area contributed by atoms with Crippen LogP contribution in [0.25, 0.3) is 0 Å². The molecule has 0 aromatic carbocycles. The molecule has 21 heavy (non-hydrogen) atoms.